The molecule has 3 rings (SSSR count). The molecule has 0 bridgehead atoms. The number of aliphatic hydroxyl groups excluding tert-OH is 2. The summed E-state index contributed by atoms with van der Waals surface area (Å²) in [4.78, 5) is 0.162. The predicted molar refractivity (Wildman–Crippen MR) is 122 cm³/mol. The smallest absolute Gasteiger partial charge is 0.243 e. The Morgan fingerprint density at radius 3 is 1.97 bits per heavy atom. The van der Waals surface area contributed by atoms with Crippen LogP contribution < -0.4 is 0 Å². The maximum Gasteiger partial charge on any atom is 0.243 e. The van der Waals surface area contributed by atoms with Gasteiger partial charge in [0.2, 0.25) is 10.0 Å². The molecule has 5 nitrogen and oxygen atoms in total. The third-order valence-electron chi connectivity index (χ3n) is 4.99. The van der Waals surface area contributed by atoms with Crippen molar-refractivity contribution >= 4 is 10.0 Å². The zero-order valence-electron chi connectivity index (χ0n) is 17.4. The van der Waals surface area contributed by atoms with Crippen molar-refractivity contribution in [3.05, 3.63) is 114 Å². The average molecular weight is 438 g/mol. The summed E-state index contributed by atoms with van der Waals surface area (Å²) < 4.78 is 27.8. The molecule has 0 fully saturated rings. The molecule has 6 heteroatoms. The van der Waals surface area contributed by atoms with E-state index in [1.165, 1.54) is 4.31 Å². The Kier molecular flexibility index (Phi) is 7.76. The molecule has 3 aromatic carbocycles. The minimum atomic E-state index is -3.84. The summed E-state index contributed by atoms with van der Waals surface area (Å²) in [5, 5.41) is 21.0. The molecule has 0 saturated heterocycles. The maximum atomic E-state index is 13.3. The van der Waals surface area contributed by atoms with E-state index in [4.69, 9.17) is 0 Å². The van der Waals surface area contributed by atoms with Gasteiger partial charge in [0, 0.05) is 13.1 Å². The third kappa shape index (κ3) is 6.12. The molecule has 0 amide bonds. The van der Waals surface area contributed by atoms with Gasteiger partial charge in [0.05, 0.1) is 17.1 Å². The first-order chi connectivity index (χ1) is 14.9. The van der Waals surface area contributed by atoms with E-state index in [-0.39, 0.29) is 18.0 Å². The molecule has 0 spiro atoms. The lowest BCUT2D eigenvalue weighted by Gasteiger charge is -2.24. The topological polar surface area (TPSA) is 77.8 Å². The molecule has 162 valence electrons. The second kappa shape index (κ2) is 10.5. The molecule has 0 aliphatic rings. The lowest BCUT2D eigenvalue weighted by Crippen LogP contribution is -2.35. The van der Waals surface area contributed by atoms with Crippen molar-refractivity contribution in [3.63, 3.8) is 0 Å². The standard InChI is InChI=1S/C25H27NO4S/c1-20-14-16-23(17-15-20)31(29,30)26(19-25(28)22-11-6-3-7-12-22)18-8-13-24(27)21-9-4-2-5-10-21/h2-17,24-25,27-28H,18-19H2,1H3/b13-8+/t24?,25-/m0/s1. The number of sulfonamides is 1. The predicted octanol–water partition coefficient (Wildman–Crippen LogP) is 4.01. The Bertz CT molecular complexity index is 1080. The minimum absolute atomic E-state index is 0.0179. The highest BCUT2D eigenvalue weighted by Crippen LogP contribution is 2.22. The van der Waals surface area contributed by atoms with Gasteiger partial charge < -0.3 is 10.2 Å². The van der Waals surface area contributed by atoms with Gasteiger partial charge in [-0.15, -0.1) is 0 Å². The first-order valence-electron chi connectivity index (χ1n) is 10.1. The van der Waals surface area contributed by atoms with Crippen molar-refractivity contribution in [3.8, 4) is 0 Å². The summed E-state index contributed by atoms with van der Waals surface area (Å²) >= 11 is 0. The van der Waals surface area contributed by atoms with E-state index >= 15 is 0 Å². The van der Waals surface area contributed by atoms with Gasteiger partial charge in [0.1, 0.15) is 0 Å². The SMILES string of the molecule is Cc1ccc(S(=O)(=O)N(C/C=C/C(O)c2ccccc2)C[C@H](O)c2ccccc2)cc1. The maximum absolute atomic E-state index is 13.3. The molecule has 0 aliphatic heterocycles. The summed E-state index contributed by atoms with van der Waals surface area (Å²) in [6.07, 6.45) is 1.35. The van der Waals surface area contributed by atoms with Crippen molar-refractivity contribution in [2.45, 2.75) is 24.0 Å². The number of rotatable bonds is 9. The number of aliphatic hydroxyl groups is 2. The average Bonchev–Trinajstić information content (AvgIpc) is 2.79. The van der Waals surface area contributed by atoms with Gasteiger partial charge in [-0.2, -0.15) is 4.31 Å². The lowest BCUT2D eigenvalue weighted by molar-refractivity contribution is 0.151. The molecule has 0 aliphatic carbocycles. The third-order valence-corrected chi connectivity index (χ3v) is 6.83. The normalized spacial score (nSPS) is 14.1. The number of nitrogens with zero attached hydrogens (tertiary/aromatic N) is 1. The Labute approximate surface area is 184 Å². The zero-order valence-corrected chi connectivity index (χ0v) is 18.2. The fraction of sp³-hybridized carbons (Fsp3) is 0.200. The summed E-state index contributed by atoms with van der Waals surface area (Å²) in [5.41, 5.74) is 2.32. The largest absolute Gasteiger partial charge is 0.387 e. The van der Waals surface area contributed by atoms with E-state index in [9.17, 15) is 18.6 Å². The number of hydrogen-bond donors (Lipinski definition) is 2. The quantitative estimate of drug-likeness (QED) is 0.496. The molecule has 0 radical (unpaired) electrons. The van der Waals surface area contributed by atoms with Crippen LogP contribution in [0.25, 0.3) is 0 Å². The first-order valence-corrected chi connectivity index (χ1v) is 11.5. The van der Waals surface area contributed by atoms with Crippen LogP contribution in [0.3, 0.4) is 0 Å². The Morgan fingerprint density at radius 2 is 1.39 bits per heavy atom. The van der Waals surface area contributed by atoms with Crippen molar-refractivity contribution in [2.75, 3.05) is 13.1 Å². The van der Waals surface area contributed by atoms with Crippen molar-refractivity contribution in [1.29, 1.82) is 0 Å². The molecular formula is C25H27NO4S. The molecule has 1 unspecified atom stereocenters. The van der Waals surface area contributed by atoms with E-state index < -0.39 is 22.2 Å². The number of aryl methyl sites for hydroxylation is 1. The van der Waals surface area contributed by atoms with Crippen LogP contribution in [0.2, 0.25) is 0 Å². The van der Waals surface area contributed by atoms with Crippen LogP contribution in [0.1, 0.15) is 28.9 Å². The summed E-state index contributed by atoms with van der Waals surface area (Å²) in [5.74, 6) is 0. The number of benzene rings is 3. The van der Waals surface area contributed by atoms with Crippen LogP contribution in [0.5, 0.6) is 0 Å². The van der Waals surface area contributed by atoms with Crippen LogP contribution in [-0.2, 0) is 10.0 Å². The Morgan fingerprint density at radius 1 is 0.839 bits per heavy atom. The van der Waals surface area contributed by atoms with Crippen LogP contribution in [-0.4, -0.2) is 36.0 Å². The monoisotopic (exact) mass is 437 g/mol. The molecular weight excluding hydrogens is 410 g/mol. The van der Waals surface area contributed by atoms with Gasteiger partial charge in [-0.25, -0.2) is 8.42 Å². The van der Waals surface area contributed by atoms with Gasteiger partial charge in [-0.3, -0.25) is 0 Å². The van der Waals surface area contributed by atoms with Crippen LogP contribution >= 0.6 is 0 Å². The van der Waals surface area contributed by atoms with Crippen molar-refractivity contribution < 1.29 is 18.6 Å². The van der Waals surface area contributed by atoms with Gasteiger partial charge in [-0.05, 0) is 30.2 Å². The Balaban J connectivity index is 1.83. The van der Waals surface area contributed by atoms with E-state index in [1.807, 2.05) is 31.2 Å². The van der Waals surface area contributed by atoms with Crippen molar-refractivity contribution in [1.82, 2.24) is 4.31 Å². The van der Waals surface area contributed by atoms with Crippen molar-refractivity contribution in [2.24, 2.45) is 0 Å². The van der Waals surface area contributed by atoms with Gasteiger partial charge >= 0.3 is 0 Å². The summed E-state index contributed by atoms with van der Waals surface area (Å²) in [6, 6.07) is 24.7. The second-order valence-electron chi connectivity index (χ2n) is 7.35. The molecule has 0 heterocycles. The minimum Gasteiger partial charge on any atom is -0.387 e. The van der Waals surface area contributed by atoms with E-state index in [0.29, 0.717) is 5.56 Å². The van der Waals surface area contributed by atoms with Crippen LogP contribution in [0, 0.1) is 6.92 Å². The highest BCUT2D eigenvalue weighted by atomic mass is 32.2. The highest BCUT2D eigenvalue weighted by Gasteiger charge is 2.26. The Hall–Kier alpha value is -2.77. The first kappa shape index (κ1) is 22.9. The van der Waals surface area contributed by atoms with Gasteiger partial charge in [-0.1, -0.05) is 90.5 Å². The molecule has 2 atom stereocenters. The molecule has 2 N–H and O–H groups in total. The second-order valence-corrected chi connectivity index (χ2v) is 9.28. The van der Waals surface area contributed by atoms with E-state index in [1.54, 1.807) is 72.8 Å². The fourth-order valence-electron chi connectivity index (χ4n) is 3.17. The molecule has 0 saturated carbocycles. The number of hydrogen-bond acceptors (Lipinski definition) is 4. The lowest BCUT2D eigenvalue weighted by atomic mass is 10.1. The molecule has 0 aromatic heterocycles. The molecule has 31 heavy (non-hydrogen) atoms. The van der Waals surface area contributed by atoms with Gasteiger partial charge in [0.25, 0.3) is 0 Å². The molecule has 3 aromatic rings. The van der Waals surface area contributed by atoms with Gasteiger partial charge in [0.15, 0.2) is 0 Å². The summed E-state index contributed by atoms with van der Waals surface area (Å²) in [6.45, 7) is 1.80. The zero-order chi connectivity index (χ0) is 22.3. The highest BCUT2D eigenvalue weighted by molar-refractivity contribution is 7.89. The summed E-state index contributed by atoms with van der Waals surface area (Å²) in [7, 11) is -3.84. The van der Waals surface area contributed by atoms with E-state index in [0.717, 1.165) is 11.1 Å². The van der Waals surface area contributed by atoms with E-state index in [2.05, 4.69) is 0 Å². The fourth-order valence-corrected chi connectivity index (χ4v) is 4.57. The van der Waals surface area contributed by atoms with Crippen LogP contribution in [0.4, 0.5) is 0 Å². The van der Waals surface area contributed by atoms with Crippen LogP contribution in [0.15, 0.2) is 102 Å².